The maximum atomic E-state index is 11.3. The number of nitrogens with zero attached hydrogens (tertiary/aromatic N) is 6. The zero-order valence-electron chi connectivity index (χ0n) is 10.00. The van der Waals surface area contributed by atoms with Gasteiger partial charge in [-0.15, -0.1) is 0 Å². The van der Waals surface area contributed by atoms with Crippen LogP contribution in [0.4, 0.5) is 5.69 Å². The lowest BCUT2D eigenvalue weighted by atomic mass is 10.4. The first-order valence-corrected chi connectivity index (χ1v) is 5.38. The molecular formula is C9H5N7O5. The third kappa shape index (κ3) is 1.90. The molecule has 0 aromatic carbocycles. The van der Waals surface area contributed by atoms with Crippen LogP contribution in [-0.2, 0) is 0 Å². The van der Waals surface area contributed by atoms with E-state index in [9.17, 15) is 19.7 Å². The van der Waals surface area contributed by atoms with Crippen molar-refractivity contribution in [3.63, 3.8) is 0 Å². The van der Waals surface area contributed by atoms with Crippen LogP contribution in [0.25, 0.3) is 11.5 Å². The molecule has 0 saturated carbocycles. The molecular weight excluding hydrogens is 286 g/mol. The maximum Gasteiger partial charge on any atom is 0.363 e. The molecule has 21 heavy (non-hydrogen) atoms. The van der Waals surface area contributed by atoms with Gasteiger partial charge in [-0.1, -0.05) is 0 Å². The number of carboxylic acid groups (broad SMARTS) is 1. The smallest absolute Gasteiger partial charge is 0.363 e. The first kappa shape index (κ1) is 12.5. The van der Waals surface area contributed by atoms with E-state index < -0.39 is 28.0 Å². The van der Waals surface area contributed by atoms with E-state index >= 15 is 0 Å². The quantitative estimate of drug-likeness (QED) is 0.468. The minimum Gasteiger partial charge on any atom is -0.476 e. The molecule has 0 aliphatic heterocycles. The van der Waals surface area contributed by atoms with Gasteiger partial charge < -0.3 is 5.11 Å². The summed E-state index contributed by atoms with van der Waals surface area (Å²) >= 11 is 0. The number of fused-ring (bicyclic) bond motifs is 1. The lowest BCUT2D eigenvalue weighted by Crippen LogP contribution is -2.10. The molecule has 0 unspecified atom stereocenters. The number of carbonyl (C=O) groups is 1. The predicted octanol–water partition coefficient (Wildman–Crippen LogP) is -0.790. The van der Waals surface area contributed by atoms with E-state index in [1.165, 1.54) is 6.07 Å². The van der Waals surface area contributed by atoms with Gasteiger partial charge in [-0.05, 0) is 0 Å². The second-order valence-electron chi connectivity index (χ2n) is 3.87. The van der Waals surface area contributed by atoms with Gasteiger partial charge in [0.2, 0.25) is 5.69 Å². The van der Waals surface area contributed by atoms with E-state index in [1.54, 1.807) is 0 Å². The Morgan fingerprint density at radius 1 is 1.48 bits per heavy atom. The fourth-order valence-electron chi connectivity index (χ4n) is 1.69. The Morgan fingerprint density at radius 3 is 2.86 bits per heavy atom. The van der Waals surface area contributed by atoms with Crippen LogP contribution in [0.5, 0.6) is 0 Å². The maximum absolute atomic E-state index is 11.3. The Hall–Kier alpha value is -3.57. The topological polar surface area (TPSA) is 161 Å². The molecule has 12 nitrogen and oxygen atoms in total. The van der Waals surface area contributed by atoms with E-state index in [4.69, 9.17) is 5.11 Å². The Bertz CT molecular complexity index is 904. The highest BCUT2D eigenvalue weighted by Gasteiger charge is 2.26. The summed E-state index contributed by atoms with van der Waals surface area (Å²) < 4.78 is 2.04. The lowest BCUT2D eigenvalue weighted by Gasteiger charge is -1.98. The number of aromatic nitrogens is 6. The molecule has 0 atom stereocenters. The van der Waals surface area contributed by atoms with Gasteiger partial charge in [0, 0.05) is 6.07 Å². The summed E-state index contributed by atoms with van der Waals surface area (Å²) in [5.41, 5.74) is -1.66. The van der Waals surface area contributed by atoms with E-state index in [0.29, 0.717) is 0 Å². The summed E-state index contributed by atoms with van der Waals surface area (Å²) in [4.78, 5) is 36.0. The molecule has 3 aromatic rings. The van der Waals surface area contributed by atoms with Crippen LogP contribution in [0.15, 0.2) is 23.4 Å². The number of hydrogen-bond acceptors (Lipinski definition) is 7. The van der Waals surface area contributed by atoms with Crippen molar-refractivity contribution in [1.29, 1.82) is 0 Å². The third-order valence-electron chi connectivity index (χ3n) is 2.62. The van der Waals surface area contributed by atoms with Gasteiger partial charge in [0.05, 0.1) is 4.92 Å². The van der Waals surface area contributed by atoms with Crippen molar-refractivity contribution in [2.75, 3.05) is 0 Å². The molecule has 0 aliphatic rings. The van der Waals surface area contributed by atoms with Crippen molar-refractivity contribution in [3.8, 4) is 5.82 Å². The molecule has 0 aliphatic carbocycles. The Balaban J connectivity index is 2.18. The van der Waals surface area contributed by atoms with Crippen LogP contribution in [0.1, 0.15) is 10.5 Å². The number of H-pyrrole nitrogens is 1. The predicted molar refractivity (Wildman–Crippen MR) is 64.3 cm³/mol. The molecule has 106 valence electrons. The molecule has 2 N–H and O–H groups in total. The van der Waals surface area contributed by atoms with Crippen molar-refractivity contribution in [1.82, 2.24) is 29.4 Å². The summed E-state index contributed by atoms with van der Waals surface area (Å²) in [6.07, 6.45) is 2.07. The molecule has 0 spiro atoms. The summed E-state index contributed by atoms with van der Waals surface area (Å²) in [6.45, 7) is 0. The molecule has 3 heterocycles. The zero-order chi connectivity index (χ0) is 15.1. The molecule has 0 amide bonds. The average molecular weight is 291 g/mol. The number of nitrogens with one attached hydrogen (secondary N) is 1. The van der Waals surface area contributed by atoms with Gasteiger partial charge in [0.15, 0.2) is 11.5 Å². The third-order valence-corrected chi connectivity index (χ3v) is 2.62. The fraction of sp³-hybridized carbons (Fsp3) is 0. The lowest BCUT2D eigenvalue weighted by molar-refractivity contribution is -0.385. The van der Waals surface area contributed by atoms with Crippen molar-refractivity contribution in [2.45, 2.75) is 0 Å². The Kier molecular flexibility index (Phi) is 2.51. The molecule has 12 heteroatoms. The normalized spacial score (nSPS) is 10.9. The van der Waals surface area contributed by atoms with Gasteiger partial charge in [-0.25, -0.2) is 28.8 Å². The second kappa shape index (κ2) is 4.22. The molecule has 0 fully saturated rings. The summed E-state index contributed by atoms with van der Waals surface area (Å²) in [5, 5.41) is 29.2. The van der Waals surface area contributed by atoms with Crippen LogP contribution in [0, 0.1) is 10.1 Å². The highest BCUT2D eigenvalue weighted by Crippen LogP contribution is 2.18. The monoisotopic (exact) mass is 291 g/mol. The number of carboxylic acids is 1. The van der Waals surface area contributed by atoms with Gasteiger partial charge >= 0.3 is 17.3 Å². The van der Waals surface area contributed by atoms with Crippen molar-refractivity contribution < 1.29 is 14.8 Å². The highest BCUT2D eigenvalue weighted by atomic mass is 16.6. The molecule has 3 rings (SSSR count). The first-order chi connectivity index (χ1) is 9.97. The Morgan fingerprint density at radius 2 is 2.24 bits per heavy atom. The Labute approximate surface area is 113 Å². The van der Waals surface area contributed by atoms with Crippen LogP contribution in [0.2, 0.25) is 0 Å². The molecule has 3 aromatic heterocycles. The van der Waals surface area contributed by atoms with Crippen molar-refractivity contribution in [2.24, 2.45) is 0 Å². The number of aromatic amines is 1. The highest BCUT2D eigenvalue weighted by molar-refractivity contribution is 5.89. The van der Waals surface area contributed by atoms with Crippen LogP contribution >= 0.6 is 0 Å². The number of nitro groups is 1. The molecule has 0 bridgehead atoms. The average Bonchev–Trinajstić information content (AvgIpc) is 3.03. The van der Waals surface area contributed by atoms with Gasteiger partial charge in [0.1, 0.15) is 12.5 Å². The second-order valence-corrected chi connectivity index (χ2v) is 3.87. The zero-order valence-corrected chi connectivity index (χ0v) is 10.00. The summed E-state index contributed by atoms with van der Waals surface area (Å²) in [5.74, 6) is -1.45. The standard InChI is InChI=1S/C9H5N7O5/c17-8(18)7-4(16(20)21)2-15(13-7)5-1-6-11-12-9(19)14(6)3-10-5/h1-3H,(H,12,19)(H,17,18). The van der Waals surface area contributed by atoms with Crippen LogP contribution in [-0.4, -0.2) is 45.4 Å². The first-order valence-electron chi connectivity index (χ1n) is 5.38. The largest absolute Gasteiger partial charge is 0.476 e. The fourth-order valence-corrected chi connectivity index (χ4v) is 1.69. The summed E-state index contributed by atoms with van der Waals surface area (Å²) in [6, 6.07) is 1.32. The van der Waals surface area contributed by atoms with Crippen LogP contribution < -0.4 is 5.69 Å². The minimum absolute atomic E-state index is 0.0806. The van der Waals surface area contributed by atoms with Crippen molar-refractivity contribution >= 4 is 17.3 Å². The van der Waals surface area contributed by atoms with Gasteiger partial charge in [-0.2, -0.15) is 10.2 Å². The SMILES string of the molecule is O=C(O)c1nn(-c2cc3n[nH]c(=O)n3cn2)cc1[N+](=O)[O-]. The summed E-state index contributed by atoms with van der Waals surface area (Å²) in [7, 11) is 0. The minimum atomic E-state index is -1.53. The van der Waals surface area contributed by atoms with E-state index in [-0.39, 0.29) is 11.5 Å². The van der Waals surface area contributed by atoms with Gasteiger partial charge in [0.25, 0.3) is 0 Å². The van der Waals surface area contributed by atoms with E-state index in [1.807, 2.05) is 0 Å². The number of rotatable bonds is 3. The van der Waals surface area contributed by atoms with Crippen molar-refractivity contribution in [3.05, 3.63) is 44.9 Å². The van der Waals surface area contributed by atoms with Crippen LogP contribution in [0.3, 0.4) is 0 Å². The molecule has 0 saturated heterocycles. The van der Waals surface area contributed by atoms with Gasteiger partial charge in [-0.3, -0.25) is 10.1 Å². The number of hydrogen-bond donors (Lipinski definition) is 2. The number of aromatic carboxylic acids is 1. The van der Waals surface area contributed by atoms with E-state index in [0.717, 1.165) is 21.6 Å². The van der Waals surface area contributed by atoms with E-state index in [2.05, 4.69) is 20.3 Å². The molecule has 0 radical (unpaired) electrons.